The Balaban J connectivity index is 1.85. The molecule has 3 atom stereocenters. The fraction of sp³-hybridized carbons (Fsp3) is 0.714. The minimum Gasteiger partial charge on any atom is -0.394 e. The largest absolute Gasteiger partial charge is 0.394 e. The van der Waals surface area contributed by atoms with Gasteiger partial charge >= 0.3 is 5.69 Å². The van der Waals surface area contributed by atoms with Crippen molar-refractivity contribution in [3.8, 4) is 0 Å². The van der Waals surface area contributed by atoms with Crippen LogP contribution in [0.1, 0.15) is 18.2 Å². The van der Waals surface area contributed by atoms with Crippen molar-refractivity contribution in [1.29, 1.82) is 0 Å². The van der Waals surface area contributed by atoms with Crippen molar-refractivity contribution in [2.75, 3.05) is 36.1 Å². The topological polar surface area (TPSA) is 87.8 Å². The number of aryl methyl sites for hydroxylation is 1. The van der Waals surface area contributed by atoms with E-state index in [1.165, 1.54) is 4.57 Å². The first kappa shape index (κ1) is 15.8. The maximum absolute atomic E-state index is 12.3. The molecule has 0 amide bonds. The Morgan fingerprint density at radius 3 is 2.82 bits per heavy atom. The van der Waals surface area contributed by atoms with Crippen LogP contribution >= 0.6 is 11.8 Å². The van der Waals surface area contributed by atoms with Gasteiger partial charge in [0, 0.05) is 42.8 Å². The van der Waals surface area contributed by atoms with E-state index in [0.717, 1.165) is 36.0 Å². The minimum atomic E-state index is -0.763. The second-order valence-electron chi connectivity index (χ2n) is 5.65. The zero-order valence-electron chi connectivity index (χ0n) is 12.5. The minimum absolute atomic E-state index is 0.262. The molecular weight excluding hydrogens is 306 g/mol. The molecule has 7 nitrogen and oxygen atoms in total. The lowest BCUT2D eigenvalue weighted by Crippen LogP contribution is -2.37. The summed E-state index contributed by atoms with van der Waals surface area (Å²) >= 11 is 1.91. The van der Waals surface area contributed by atoms with Gasteiger partial charge in [0.05, 0.1) is 12.7 Å². The highest BCUT2D eigenvalue weighted by Crippen LogP contribution is 2.28. The third-order valence-electron chi connectivity index (χ3n) is 4.11. The molecule has 0 unspecified atom stereocenters. The molecule has 0 bridgehead atoms. The number of aliphatic hydroxyl groups excluding tert-OH is 2. The Morgan fingerprint density at radius 2 is 2.18 bits per heavy atom. The summed E-state index contributed by atoms with van der Waals surface area (Å²) in [5.74, 6) is 2.82. The lowest BCUT2D eigenvalue weighted by molar-refractivity contribution is -0.0459. The standard InChI is InChI=1S/C14H21N3O4S/c1-9-7-17(12-6-10(19)11(8-18)21-12)14(20)15-13(9)16-2-4-22-5-3-16/h7,10-12,18-19H,2-6,8H2,1H3/t10-,11-,12-/m0/s1. The summed E-state index contributed by atoms with van der Waals surface area (Å²) in [5.41, 5.74) is 0.534. The van der Waals surface area contributed by atoms with E-state index in [-0.39, 0.29) is 18.7 Å². The molecule has 0 saturated carbocycles. The lowest BCUT2D eigenvalue weighted by Gasteiger charge is -2.29. The second kappa shape index (κ2) is 6.57. The van der Waals surface area contributed by atoms with Gasteiger partial charge in [0.2, 0.25) is 0 Å². The molecule has 122 valence electrons. The van der Waals surface area contributed by atoms with Crippen molar-refractivity contribution in [2.45, 2.75) is 31.8 Å². The van der Waals surface area contributed by atoms with Crippen LogP contribution in [0.2, 0.25) is 0 Å². The maximum atomic E-state index is 12.3. The van der Waals surface area contributed by atoms with Gasteiger partial charge in [0.15, 0.2) is 0 Å². The molecule has 22 heavy (non-hydrogen) atoms. The Kier molecular flexibility index (Phi) is 4.72. The first-order valence-electron chi connectivity index (χ1n) is 7.47. The molecule has 3 rings (SSSR count). The number of hydrogen-bond acceptors (Lipinski definition) is 7. The van der Waals surface area contributed by atoms with E-state index in [1.54, 1.807) is 6.20 Å². The Hall–Kier alpha value is -1.09. The number of thioether (sulfide) groups is 1. The van der Waals surface area contributed by atoms with E-state index in [9.17, 15) is 9.90 Å². The molecular formula is C14H21N3O4S. The monoisotopic (exact) mass is 327 g/mol. The van der Waals surface area contributed by atoms with E-state index in [4.69, 9.17) is 9.84 Å². The third kappa shape index (κ3) is 3.01. The van der Waals surface area contributed by atoms with Crippen LogP contribution in [0, 0.1) is 6.92 Å². The Labute approximate surface area is 132 Å². The first-order chi connectivity index (χ1) is 10.6. The highest BCUT2D eigenvalue weighted by molar-refractivity contribution is 7.99. The van der Waals surface area contributed by atoms with Gasteiger partial charge in [-0.15, -0.1) is 0 Å². The zero-order chi connectivity index (χ0) is 15.7. The van der Waals surface area contributed by atoms with Crippen molar-refractivity contribution in [2.24, 2.45) is 0 Å². The SMILES string of the molecule is Cc1cn([C@@H]2C[C@H](O)[C@H](CO)O2)c(=O)nc1N1CCSCC1. The number of aliphatic hydroxyl groups is 2. The number of rotatable bonds is 3. The van der Waals surface area contributed by atoms with Crippen molar-refractivity contribution in [3.05, 3.63) is 22.2 Å². The van der Waals surface area contributed by atoms with Crippen molar-refractivity contribution >= 4 is 17.6 Å². The molecule has 2 aliphatic heterocycles. The van der Waals surface area contributed by atoms with E-state index in [2.05, 4.69) is 9.88 Å². The van der Waals surface area contributed by atoms with Gasteiger partial charge in [-0.2, -0.15) is 16.7 Å². The van der Waals surface area contributed by atoms with Crippen molar-refractivity contribution < 1.29 is 14.9 Å². The lowest BCUT2D eigenvalue weighted by atomic mass is 10.2. The highest BCUT2D eigenvalue weighted by atomic mass is 32.2. The molecule has 8 heteroatoms. The van der Waals surface area contributed by atoms with Crippen LogP contribution in [0.25, 0.3) is 0 Å². The average Bonchev–Trinajstić information content (AvgIpc) is 2.91. The number of anilines is 1. The van der Waals surface area contributed by atoms with Crippen molar-refractivity contribution in [3.63, 3.8) is 0 Å². The number of hydrogen-bond donors (Lipinski definition) is 2. The van der Waals surface area contributed by atoms with Gasteiger partial charge in [0.25, 0.3) is 0 Å². The summed E-state index contributed by atoms with van der Waals surface area (Å²) in [6.07, 6.45) is 0.0454. The van der Waals surface area contributed by atoms with Crippen molar-refractivity contribution in [1.82, 2.24) is 9.55 Å². The smallest absolute Gasteiger partial charge is 0.351 e. The predicted octanol–water partition coefficient (Wildman–Crippen LogP) is -0.254. The van der Waals surface area contributed by atoms with Gasteiger partial charge in [0.1, 0.15) is 18.1 Å². The highest BCUT2D eigenvalue weighted by Gasteiger charge is 2.35. The summed E-state index contributed by atoms with van der Waals surface area (Å²) in [5, 5.41) is 19.0. The van der Waals surface area contributed by atoms with Crippen LogP contribution in [0.15, 0.2) is 11.0 Å². The molecule has 2 fully saturated rings. The quantitative estimate of drug-likeness (QED) is 0.791. The van der Waals surface area contributed by atoms with Gasteiger partial charge in [-0.3, -0.25) is 4.57 Å². The van der Waals surface area contributed by atoms with Crippen LogP contribution in [-0.4, -0.2) is 63.2 Å². The molecule has 0 spiro atoms. The fourth-order valence-electron chi connectivity index (χ4n) is 2.91. The van der Waals surface area contributed by atoms with Crippen LogP contribution in [0.4, 0.5) is 5.82 Å². The normalized spacial score (nSPS) is 29.0. The summed E-state index contributed by atoms with van der Waals surface area (Å²) in [4.78, 5) is 18.7. The van der Waals surface area contributed by atoms with Gasteiger partial charge in [-0.1, -0.05) is 0 Å². The number of nitrogens with zero attached hydrogens (tertiary/aromatic N) is 3. The molecule has 1 aromatic heterocycles. The molecule has 2 saturated heterocycles. The average molecular weight is 327 g/mol. The van der Waals surface area contributed by atoms with Crippen LogP contribution in [0.5, 0.6) is 0 Å². The van der Waals surface area contributed by atoms with Crippen LogP contribution in [-0.2, 0) is 4.74 Å². The fourth-order valence-corrected chi connectivity index (χ4v) is 3.81. The molecule has 0 aliphatic carbocycles. The molecule has 0 radical (unpaired) electrons. The van der Waals surface area contributed by atoms with E-state index in [0.29, 0.717) is 0 Å². The Morgan fingerprint density at radius 1 is 1.45 bits per heavy atom. The summed E-state index contributed by atoms with van der Waals surface area (Å²) < 4.78 is 6.95. The molecule has 1 aromatic rings. The van der Waals surface area contributed by atoms with E-state index < -0.39 is 18.4 Å². The molecule has 2 aliphatic rings. The van der Waals surface area contributed by atoms with Crippen LogP contribution < -0.4 is 10.6 Å². The summed E-state index contributed by atoms with van der Waals surface area (Å²) in [6, 6.07) is 0. The van der Waals surface area contributed by atoms with Gasteiger partial charge < -0.3 is 19.8 Å². The zero-order valence-corrected chi connectivity index (χ0v) is 13.3. The summed E-state index contributed by atoms with van der Waals surface area (Å²) in [6.45, 7) is 3.46. The van der Waals surface area contributed by atoms with E-state index >= 15 is 0 Å². The Bertz CT molecular complexity index is 588. The van der Waals surface area contributed by atoms with E-state index in [1.807, 2.05) is 18.7 Å². The summed E-state index contributed by atoms with van der Waals surface area (Å²) in [7, 11) is 0. The van der Waals surface area contributed by atoms with Gasteiger partial charge in [-0.05, 0) is 6.92 Å². The third-order valence-corrected chi connectivity index (χ3v) is 5.06. The molecule has 3 heterocycles. The molecule has 0 aromatic carbocycles. The number of aromatic nitrogens is 2. The second-order valence-corrected chi connectivity index (χ2v) is 6.88. The maximum Gasteiger partial charge on any atom is 0.351 e. The number of ether oxygens (including phenoxy) is 1. The molecule has 2 N–H and O–H groups in total. The predicted molar refractivity (Wildman–Crippen MR) is 84.4 cm³/mol. The first-order valence-corrected chi connectivity index (χ1v) is 8.62. The van der Waals surface area contributed by atoms with Crippen LogP contribution in [0.3, 0.4) is 0 Å². The van der Waals surface area contributed by atoms with Gasteiger partial charge in [-0.25, -0.2) is 4.79 Å².